The lowest BCUT2D eigenvalue weighted by Gasteiger charge is -2.19. The van der Waals surface area contributed by atoms with Crippen LogP contribution in [0.3, 0.4) is 0 Å². The van der Waals surface area contributed by atoms with Crippen LogP contribution in [-0.2, 0) is 9.53 Å². The maximum Gasteiger partial charge on any atom is 0.306 e. The Morgan fingerprint density at radius 1 is 0.500 bits per heavy atom. The van der Waals surface area contributed by atoms with Crippen molar-refractivity contribution >= 4 is 53.0 Å². The van der Waals surface area contributed by atoms with Gasteiger partial charge in [-0.25, -0.2) is 0 Å². The Morgan fingerprint density at radius 2 is 0.848 bits per heavy atom. The first-order chi connectivity index (χ1) is 22.5. The van der Waals surface area contributed by atoms with Gasteiger partial charge in [0.25, 0.3) is 0 Å². The summed E-state index contributed by atoms with van der Waals surface area (Å²) in [5.74, 6) is 5.32. The normalized spacial score (nSPS) is 12.0. The lowest BCUT2D eigenvalue weighted by atomic mass is 10.0. The summed E-state index contributed by atoms with van der Waals surface area (Å²) in [6.07, 6.45) is 30.1. The van der Waals surface area contributed by atoms with Crippen molar-refractivity contribution in [1.29, 1.82) is 0 Å². The molecule has 0 heterocycles. The highest BCUT2D eigenvalue weighted by molar-refractivity contribution is 8.17. The van der Waals surface area contributed by atoms with E-state index in [0.717, 1.165) is 35.0 Å². The highest BCUT2D eigenvalue weighted by Crippen LogP contribution is 2.32. The minimum absolute atomic E-state index is 0.0197. The molecular formula is C39H79NO2S4. The van der Waals surface area contributed by atoms with E-state index in [9.17, 15) is 4.79 Å². The van der Waals surface area contributed by atoms with E-state index in [4.69, 9.17) is 4.74 Å². The second kappa shape index (κ2) is 37.1. The van der Waals surface area contributed by atoms with Crippen LogP contribution in [-0.4, -0.2) is 69.8 Å². The first-order valence-electron chi connectivity index (χ1n) is 19.8. The average Bonchev–Trinajstić information content (AvgIpc) is 3.03. The number of unbranched alkanes of at least 4 members (excludes halogenated alkanes) is 12. The number of ether oxygens (including phenoxy) is 1. The van der Waals surface area contributed by atoms with Gasteiger partial charge in [0.2, 0.25) is 0 Å². The summed E-state index contributed by atoms with van der Waals surface area (Å²) in [5.41, 5.74) is 0. The fraction of sp³-hybridized carbons (Fsp3) is 0.974. The van der Waals surface area contributed by atoms with E-state index < -0.39 is 0 Å². The number of nitrogens with zero attached hydrogens (tertiary/aromatic N) is 1. The molecule has 3 nitrogen and oxygen atoms in total. The van der Waals surface area contributed by atoms with Gasteiger partial charge < -0.3 is 9.64 Å². The average molecular weight is 722 g/mol. The molecule has 7 heteroatoms. The number of rotatable bonds is 37. The Hall–Kier alpha value is 0.830. The van der Waals surface area contributed by atoms with Crippen molar-refractivity contribution < 1.29 is 9.53 Å². The third-order valence-corrected chi connectivity index (χ3v) is 14.6. The third kappa shape index (κ3) is 33.3. The Morgan fingerprint density at radius 3 is 1.20 bits per heavy atom. The molecule has 0 aromatic heterocycles. The van der Waals surface area contributed by atoms with Crippen LogP contribution in [0.25, 0.3) is 0 Å². The summed E-state index contributed by atoms with van der Waals surface area (Å²) in [6, 6.07) is 0. The van der Waals surface area contributed by atoms with Gasteiger partial charge in [0.1, 0.15) is 6.10 Å². The van der Waals surface area contributed by atoms with E-state index >= 15 is 0 Å². The summed E-state index contributed by atoms with van der Waals surface area (Å²) in [6.45, 7) is 10.2. The van der Waals surface area contributed by atoms with Crippen molar-refractivity contribution in [3.63, 3.8) is 0 Å². The van der Waals surface area contributed by atoms with Crippen LogP contribution in [0, 0.1) is 0 Å². The minimum Gasteiger partial charge on any atom is -0.462 e. The summed E-state index contributed by atoms with van der Waals surface area (Å²) >= 11 is 8.85. The largest absolute Gasteiger partial charge is 0.462 e. The lowest BCUT2D eigenvalue weighted by Crippen LogP contribution is -2.20. The molecule has 0 radical (unpaired) electrons. The van der Waals surface area contributed by atoms with Crippen molar-refractivity contribution in [1.82, 2.24) is 4.90 Å². The number of carbonyl (C=O) groups excluding carboxylic acids is 1. The van der Waals surface area contributed by atoms with Gasteiger partial charge in [0.15, 0.2) is 0 Å². The molecule has 46 heavy (non-hydrogen) atoms. The molecule has 0 saturated heterocycles. The number of thioether (sulfide) groups is 4. The maximum absolute atomic E-state index is 12.6. The quantitative estimate of drug-likeness (QED) is 0.0358. The monoisotopic (exact) mass is 721 g/mol. The summed E-state index contributed by atoms with van der Waals surface area (Å²) in [4.78, 5) is 14.8. The Kier molecular flexibility index (Phi) is 37.8. The van der Waals surface area contributed by atoms with Crippen molar-refractivity contribution in [2.24, 2.45) is 0 Å². The number of esters is 1. The molecule has 0 unspecified atom stereocenters. The molecule has 0 saturated carbocycles. The Bertz CT molecular complexity index is 567. The standard InChI is InChI=1S/C39H79NO2S4/c1-7-11-32-43-38(44-33-12-8-2)29-23-19-15-17-21-26-36(42-37(41)28-25-31-40(5)6)27-22-18-16-20-24-30-39(45-34-13-9-3)46-35-14-10-4/h36,38-39H,7-35H2,1-6H3. The maximum atomic E-state index is 12.6. The van der Waals surface area contributed by atoms with Gasteiger partial charge in [-0.1, -0.05) is 105 Å². The molecule has 0 aliphatic rings. The first kappa shape index (κ1) is 46.8. The van der Waals surface area contributed by atoms with Crippen LogP contribution >= 0.6 is 47.0 Å². The molecule has 0 aromatic carbocycles. The van der Waals surface area contributed by atoms with Crippen LogP contribution in [0.4, 0.5) is 0 Å². The predicted molar refractivity (Wildman–Crippen MR) is 219 cm³/mol. The molecule has 0 aliphatic heterocycles. The molecule has 0 fully saturated rings. The first-order valence-corrected chi connectivity index (χ1v) is 24.0. The van der Waals surface area contributed by atoms with Crippen molar-refractivity contribution in [2.45, 2.75) is 197 Å². The van der Waals surface area contributed by atoms with E-state index in [2.05, 4.69) is 93.7 Å². The van der Waals surface area contributed by atoms with Crippen LogP contribution in [0.2, 0.25) is 0 Å². The van der Waals surface area contributed by atoms with Crippen LogP contribution < -0.4 is 0 Å². The fourth-order valence-electron chi connectivity index (χ4n) is 5.34. The second-order valence-corrected chi connectivity index (χ2v) is 19.3. The lowest BCUT2D eigenvalue weighted by molar-refractivity contribution is -0.150. The van der Waals surface area contributed by atoms with Crippen molar-refractivity contribution in [3.8, 4) is 0 Å². The van der Waals surface area contributed by atoms with Gasteiger partial charge in [-0.3, -0.25) is 4.79 Å². The molecule has 0 N–H and O–H groups in total. The van der Waals surface area contributed by atoms with E-state index in [0.29, 0.717) is 6.42 Å². The molecule has 0 atom stereocenters. The van der Waals surface area contributed by atoms with E-state index in [-0.39, 0.29) is 12.1 Å². The smallest absolute Gasteiger partial charge is 0.306 e. The van der Waals surface area contributed by atoms with Crippen LogP contribution in [0.15, 0.2) is 0 Å². The number of hydrogen-bond donors (Lipinski definition) is 0. The molecule has 0 aliphatic carbocycles. The zero-order chi connectivity index (χ0) is 33.9. The zero-order valence-corrected chi connectivity index (χ0v) is 34.9. The van der Waals surface area contributed by atoms with Gasteiger partial charge in [-0.2, -0.15) is 0 Å². The Labute approximate surface area is 306 Å². The topological polar surface area (TPSA) is 29.5 Å². The molecule has 276 valence electrons. The number of hydrogen-bond acceptors (Lipinski definition) is 7. The molecule has 0 amide bonds. The second-order valence-electron chi connectivity index (χ2n) is 13.5. The molecule has 0 rings (SSSR count). The van der Waals surface area contributed by atoms with E-state index in [1.165, 1.54) is 151 Å². The van der Waals surface area contributed by atoms with Gasteiger partial charge in [-0.15, -0.1) is 47.0 Å². The van der Waals surface area contributed by atoms with Crippen LogP contribution in [0.1, 0.15) is 182 Å². The molecule has 0 aromatic rings. The van der Waals surface area contributed by atoms with Crippen LogP contribution in [0.5, 0.6) is 0 Å². The predicted octanol–water partition coefficient (Wildman–Crippen LogP) is 13.5. The SMILES string of the molecule is CCCCSC(CCCCCCCC(CCCCCCCC(SCCCC)SCCCC)OC(=O)CCCN(C)C)SCCCC. The van der Waals surface area contributed by atoms with Gasteiger partial charge in [0.05, 0.1) is 9.16 Å². The Balaban J connectivity index is 4.42. The third-order valence-electron chi connectivity index (χ3n) is 8.42. The van der Waals surface area contributed by atoms with Crippen molar-refractivity contribution in [3.05, 3.63) is 0 Å². The highest BCUT2D eigenvalue weighted by atomic mass is 32.2. The minimum atomic E-state index is 0.0197. The number of carbonyl (C=O) groups is 1. The van der Waals surface area contributed by atoms with Gasteiger partial charge in [-0.05, 0) is 114 Å². The van der Waals surface area contributed by atoms with E-state index in [1.54, 1.807) is 0 Å². The van der Waals surface area contributed by atoms with E-state index in [1.807, 2.05) is 0 Å². The van der Waals surface area contributed by atoms with Crippen molar-refractivity contribution in [2.75, 3.05) is 43.7 Å². The zero-order valence-electron chi connectivity index (χ0n) is 31.6. The summed E-state index contributed by atoms with van der Waals surface area (Å²) < 4.78 is 7.66. The molecule has 0 bridgehead atoms. The van der Waals surface area contributed by atoms with Gasteiger partial charge >= 0.3 is 5.97 Å². The summed E-state index contributed by atoms with van der Waals surface area (Å²) in [7, 11) is 4.14. The fourth-order valence-corrected chi connectivity index (χ4v) is 11.5. The summed E-state index contributed by atoms with van der Waals surface area (Å²) in [5, 5.41) is 0. The molecular weight excluding hydrogens is 643 g/mol. The highest BCUT2D eigenvalue weighted by Gasteiger charge is 2.15. The van der Waals surface area contributed by atoms with Gasteiger partial charge in [0, 0.05) is 6.42 Å². The molecule has 0 spiro atoms.